The molecule has 2 fully saturated rings. The highest BCUT2D eigenvalue weighted by molar-refractivity contribution is 5.99. The summed E-state index contributed by atoms with van der Waals surface area (Å²) in [7, 11) is 0. The van der Waals surface area contributed by atoms with E-state index in [-0.39, 0.29) is 29.8 Å². The van der Waals surface area contributed by atoms with Crippen molar-refractivity contribution < 1.29 is 28.2 Å². The highest BCUT2D eigenvalue weighted by Gasteiger charge is 2.53. The Bertz CT molecular complexity index is 1220. The maximum Gasteiger partial charge on any atom is 0.274 e. The van der Waals surface area contributed by atoms with Crippen LogP contribution in [0.5, 0.6) is 5.75 Å². The summed E-state index contributed by atoms with van der Waals surface area (Å²) in [5, 5.41) is 13.0. The molecular weight excluding hydrogens is 424 g/mol. The summed E-state index contributed by atoms with van der Waals surface area (Å²) in [6, 6.07) is 2.93. The monoisotopic (exact) mass is 445 g/mol. The number of nitrogens with one attached hydrogen (secondary N) is 1. The number of ether oxygens (including phenoxy) is 1. The second kappa shape index (κ2) is 6.86. The van der Waals surface area contributed by atoms with E-state index < -0.39 is 45.9 Å². The average Bonchev–Trinajstić information content (AvgIpc) is 3.53. The molecule has 2 bridgehead atoms. The molecule has 1 saturated heterocycles. The number of aromatic nitrogens is 1. The van der Waals surface area contributed by atoms with Crippen LogP contribution >= 0.6 is 0 Å². The molecule has 1 aliphatic carbocycles. The quantitative estimate of drug-likeness (QED) is 0.749. The minimum atomic E-state index is -1.07. The zero-order valence-electron chi connectivity index (χ0n) is 17.3. The predicted octanol–water partition coefficient (Wildman–Crippen LogP) is 1.70. The van der Waals surface area contributed by atoms with Gasteiger partial charge in [0, 0.05) is 36.3 Å². The Morgan fingerprint density at radius 3 is 2.69 bits per heavy atom. The minimum absolute atomic E-state index is 0.0293. The van der Waals surface area contributed by atoms with Crippen molar-refractivity contribution in [3.05, 3.63) is 63.1 Å². The van der Waals surface area contributed by atoms with E-state index in [4.69, 9.17) is 4.74 Å². The van der Waals surface area contributed by atoms with Gasteiger partial charge in [0.15, 0.2) is 17.2 Å². The lowest BCUT2D eigenvalue weighted by Crippen LogP contribution is -2.53. The first-order valence-corrected chi connectivity index (χ1v) is 10.3. The number of pyridine rings is 1. The lowest BCUT2D eigenvalue weighted by atomic mass is 10.0. The molecule has 8 nitrogen and oxygen atoms in total. The number of hydrogen-bond donors (Lipinski definition) is 2. The van der Waals surface area contributed by atoms with Gasteiger partial charge in [-0.15, -0.1) is 0 Å². The first kappa shape index (κ1) is 20.6. The van der Waals surface area contributed by atoms with E-state index in [1.807, 2.05) is 0 Å². The van der Waals surface area contributed by atoms with E-state index in [0.717, 1.165) is 18.9 Å². The normalized spacial score (nSPS) is 23.0. The Labute approximate surface area is 181 Å². The van der Waals surface area contributed by atoms with Gasteiger partial charge in [-0.25, -0.2) is 8.78 Å². The van der Waals surface area contributed by atoms with Gasteiger partial charge >= 0.3 is 0 Å². The summed E-state index contributed by atoms with van der Waals surface area (Å²) in [4.78, 5) is 40.1. The molecule has 1 unspecified atom stereocenters. The minimum Gasteiger partial charge on any atom is -0.503 e. The second-order valence-corrected chi connectivity index (χ2v) is 8.98. The fraction of sp³-hybridized carbons (Fsp3) is 0.409. The molecule has 10 heteroatoms. The van der Waals surface area contributed by atoms with Gasteiger partial charge in [0.25, 0.3) is 11.8 Å². The lowest BCUT2D eigenvalue weighted by molar-refractivity contribution is -0.106. The van der Waals surface area contributed by atoms with Gasteiger partial charge in [0.2, 0.25) is 5.43 Å². The summed E-state index contributed by atoms with van der Waals surface area (Å²) in [5.74, 6) is -3.78. The van der Waals surface area contributed by atoms with Gasteiger partial charge in [-0.05, 0) is 25.8 Å². The number of nitrogens with zero attached hydrogens (tertiary/aromatic N) is 2. The standard InChI is InChI=1S/C22H21F2N3O5/c1-21-9-26(10-22(4-5-22)11-32-21)20(31)16-18(29)17(28)14(8-27(16)21)19(30)25-7-12-2-3-13(23)6-15(12)24/h2-3,6,8,29H,4-5,7,9-11H2,1H3,(H,25,30). The van der Waals surface area contributed by atoms with Crippen molar-refractivity contribution in [2.75, 3.05) is 19.7 Å². The number of amides is 2. The molecule has 1 saturated carbocycles. The number of rotatable bonds is 3. The smallest absolute Gasteiger partial charge is 0.274 e. The Kier molecular flexibility index (Phi) is 4.42. The highest BCUT2D eigenvalue weighted by atomic mass is 19.1. The number of carbonyl (C=O) groups is 2. The topological polar surface area (TPSA) is 101 Å². The first-order chi connectivity index (χ1) is 15.1. The Hall–Kier alpha value is -3.27. The SMILES string of the molecule is CC12CN(CC3(CC3)CO1)C(=O)c1c(O)c(=O)c(C(=O)NCc3ccc(F)cc3F)cn12. The van der Waals surface area contributed by atoms with Crippen molar-refractivity contribution in [1.82, 2.24) is 14.8 Å². The van der Waals surface area contributed by atoms with Crippen LogP contribution in [0.25, 0.3) is 0 Å². The van der Waals surface area contributed by atoms with E-state index in [2.05, 4.69) is 5.32 Å². The van der Waals surface area contributed by atoms with Crippen molar-refractivity contribution in [3.63, 3.8) is 0 Å². The van der Waals surface area contributed by atoms with Crippen molar-refractivity contribution in [2.24, 2.45) is 5.41 Å². The molecule has 2 N–H and O–H groups in total. The molecule has 32 heavy (non-hydrogen) atoms. The highest BCUT2D eigenvalue weighted by Crippen LogP contribution is 2.50. The third-order valence-corrected chi connectivity index (χ3v) is 6.54. The zero-order valence-corrected chi connectivity index (χ0v) is 17.3. The van der Waals surface area contributed by atoms with E-state index >= 15 is 0 Å². The summed E-state index contributed by atoms with van der Waals surface area (Å²) in [6.45, 7) is 2.56. The maximum absolute atomic E-state index is 13.9. The third-order valence-electron chi connectivity index (χ3n) is 6.54. The summed E-state index contributed by atoms with van der Waals surface area (Å²) < 4.78 is 34.4. The molecule has 1 spiro atoms. The molecule has 1 atom stereocenters. The number of benzene rings is 1. The average molecular weight is 445 g/mol. The van der Waals surface area contributed by atoms with Crippen LogP contribution in [0.4, 0.5) is 8.78 Å². The van der Waals surface area contributed by atoms with Crippen LogP contribution in [0.3, 0.4) is 0 Å². The molecule has 5 rings (SSSR count). The van der Waals surface area contributed by atoms with Crippen LogP contribution in [0.2, 0.25) is 0 Å². The van der Waals surface area contributed by atoms with E-state index in [1.54, 1.807) is 11.8 Å². The number of hydrogen-bond acceptors (Lipinski definition) is 5. The van der Waals surface area contributed by atoms with Crippen molar-refractivity contribution in [3.8, 4) is 5.75 Å². The number of carbonyl (C=O) groups excluding carboxylic acids is 2. The van der Waals surface area contributed by atoms with E-state index in [0.29, 0.717) is 19.2 Å². The second-order valence-electron chi connectivity index (χ2n) is 8.98. The third kappa shape index (κ3) is 3.17. The van der Waals surface area contributed by atoms with Crippen molar-refractivity contribution in [1.29, 1.82) is 0 Å². The van der Waals surface area contributed by atoms with Gasteiger partial charge in [0.05, 0.1) is 13.2 Å². The first-order valence-electron chi connectivity index (χ1n) is 10.3. The van der Waals surface area contributed by atoms with Gasteiger partial charge in [0.1, 0.15) is 17.2 Å². The largest absolute Gasteiger partial charge is 0.503 e. The molecule has 3 heterocycles. The Morgan fingerprint density at radius 2 is 2.00 bits per heavy atom. The van der Waals surface area contributed by atoms with Crippen LogP contribution < -0.4 is 10.7 Å². The van der Waals surface area contributed by atoms with Crippen LogP contribution in [-0.4, -0.2) is 46.1 Å². The number of halogens is 2. The number of aromatic hydroxyl groups is 1. The maximum atomic E-state index is 13.9. The summed E-state index contributed by atoms with van der Waals surface area (Å²) in [5.41, 5.74) is -2.79. The number of fused-ring (bicyclic) bond motifs is 4. The van der Waals surface area contributed by atoms with Gasteiger partial charge in [-0.2, -0.15) is 0 Å². The summed E-state index contributed by atoms with van der Waals surface area (Å²) in [6.07, 6.45) is 3.06. The molecule has 0 radical (unpaired) electrons. The zero-order chi connectivity index (χ0) is 22.8. The fourth-order valence-corrected chi connectivity index (χ4v) is 4.41. The molecule has 1 aromatic heterocycles. The molecule has 1 aromatic carbocycles. The lowest BCUT2D eigenvalue weighted by Gasteiger charge is -2.41. The van der Waals surface area contributed by atoms with Crippen LogP contribution in [0, 0.1) is 17.0 Å². The Balaban J connectivity index is 1.50. The molecule has 2 aliphatic heterocycles. The van der Waals surface area contributed by atoms with Crippen LogP contribution in [-0.2, 0) is 17.0 Å². The molecular formula is C22H21F2N3O5. The van der Waals surface area contributed by atoms with Gasteiger partial charge < -0.3 is 24.6 Å². The van der Waals surface area contributed by atoms with Crippen LogP contribution in [0.15, 0.2) is 29.2 Å². The van der Waals surface area contributed by atoms with Gasteiger partial charge in [-0.3, -0.25) is 14.4 Å². The molecule has 3 aliphatic rings. The molecule has 168 valence electrons. The fourth-order valence-electron chi connectivity index (χ4n) is 4.41. The summed E-state index contributed by atoms with van der Waals surface area (Å²) >= 11 is 0. The molecule has 2 amide bonds. The van der Waals surface area contributed by atoms with Crippen molar-refractivity contribution in [2.45, 2.75) is 32.0 Å². The molecule has 2 aromatic rings. The Morgan fingerprint density at radius 1 is 1.25 bits per heavy atom. The predicted molar refractivity (Wildman–Crippen MR) is 107 cm³/mol. The van der Waals surface area contributed by atoms with E-state index in [9.17, 15) is 28.3 Å². The van der Waals surface area contributed by atoms with Gasteiger partial charge in [-0.1, -0.05) is 6.07 Å². The van der Waals surface area contributed by atoms with Crippen molar-refractivity contribution >= 4 is 11.8 Å². The van der Waals surface area contributed by atoms with Crippen LogP contribution in [0.1, 0.15) is 46.2 Å². The van der Waals surface area contributed by atoms with E-state index in [1.165, 1.54) is 16.8 Å².